The van der Waals surface area contributed by atoms with Crippen molar-refractivity contribution in [1.29, 1.82) is 5.26 Å². The van der Waals surface area contributed by atoms with Crippen LogP contribution in [-0.2, 0) is 4.74 Å². The largest absolute Gasteiger partial charge is 0.394 e. The third-order valence-electron chi connectivity index (χ3n) is 3.51. The van der Waals surface area contributed by atoms with Gasteiger partial charge in [0.25, 0.3) is 0 Å². The van der Waals surface area contributed by atoms with E-state index in [0.717, 1.165) is 0 Å². The highest BCUT2D eigenvalue weighted by Gasteiger charge is 2.44. The summed E-state index contributed by atoms with van der Waals surface area (Å²) >= 11 is 1.34. The number of ether oxygens (including phenoxy) is 1. The number of thioether (sulfide) groups is 1. The predicted molar refractivity (Wildman–Crippen MR) is 74.8 cm³/mol. The first-order valence-corrected chi connectivity index (χ1v) is 7.64. The van der Waals surface area contributed by atoms with Crippen molar-refractivity contribution in [2.45, 2.75) is 29.6 Å². The molecule has 0 spiro atoms. The lowest BCUT2D eigenvalue weighted by Gasteiger charge is -2.15. The van der Waals surface area contributed by atoms with Crippen molar-refractivity contribution in [3.63, 3.8) is 0 Å². The molecule has 0 radical (unpaired) electrons. The van der Waals surface area contributed by atoms with Crippen LogP contribution in [0.15, 0.2) is 11.4 Å². The van der Waals surface area contributed by atoms with Gasteiger partial charge in [-0.3, -0.25) is 0 Å². The van der Waals surface area contributed by atoms with Gasteiger partial charge in [0, 0.05) is 0 Å². The summed E-state index contributed by atoms with van der Waals surface area (Å²) in [6.07, 6.45) is -1.37. The number of aromatic nitrogens is 4. The molecule has 0 aromatic carbocycles. The molecule has 1 aliphatic heterocycles. The van der Waals surface area contributed by atoms with Crippen LogP contribution in [0.4, 0.5) is 0 Å². The van der Waals surface area contributed by atoms with Crippen molar-refractivity contribution < 1.29 is 20.1 Å². The number of fused-ring (bicyclic) bond motifs is 1. The van der Waals surface area contributed by atoms with Gasteiger partial charge in [-0.05, 0) is 6.26 Å². The maximum Gasteiger partial charge on any atom is 0.181 e. The number of hydrogen-bond acceptors (Lipinski definition) is 9. The van der Waals surface area contributed by atoms with Gasteiger partial charge in [0.2, 0.25) is 0 Å². The summed E-state index contributed by atoms with van der Waals surface area (Å²) in [7, 11) is 0. The fraction of sp³-hybridized carbons (Fsp3) is 0.500. The standard InChI is InChI=1S/C12H13N5O4S/c1-22-11-7-5(2-13)16-17(10(7)14-4-15-11)12-9(20)8(19)6(3-18)21-12/h4,6,8-9,12,18-20H,3H2,1H3/t6-,8-,9-,12-/m1/s1. The third-order valence-corrected chi connectivity index (χ3v) is 4.21. The van der Waals surface area contributed by atoms with E-state index in [9.17, 15) is 15.5 Å². The summed E-state index contributed by atoms with van der Waals surface area (Å²) in [6.45, 7) is -0.440. The second-order valence-corrected chi connectivity index (χ2v) is 5.51. The highest BCUT2D eigenvalue weighted by Crippen LogP contribution is 2.33. The molecule has 1 aliphatic rings. The number of rotatable bonds is 3. The van der Waals surface area contributed by atoms with Crippen molar-refractivity contribution in [1.82, 2.24) is 19.7 Å². The van der Waals surface area contributed by atoms with E-state index in [2.05, 4.69) is 15.1 Å². The van der Waals surface area contributed by atoms with Crippen LogP contribution >= 0.6 is 11.8 Å². The molecule has 0 saturated carbocycles. The van der Waals surface area contributed by atoms with Gasteiger partial charge < -0.3 is 20.1 Å². The molecule has 1 fully saturated rings. The lowest BCUT2D eigenvalue weighted by atomic mass is 10.1. The normalized spacial score (nSPS) is 28.1. The molecule has 9 nitrogen and oxygen atoms in total. The maximum absolute atomic E-state index is 10.1. The minimum atomic E-state index is -1.29. The van der Waals surface area contributed by atoms with E-state index in [4.69, 9.17) is 9.84 Å². The zero-order valence-electron chi connectivity index (χ0n) is 11.5. The fourth-order valence-corrected chi connectivity index (χ4v) is 2.98. The molecule has 22 heavy (non-hydrogen) atoms. The molecule has 3 N–H and O–H groups in total. The van der Waals surface area contributed by atoms with Crippen molar-refractivity contribution in [3.8, 4) is 6.07 Å². The highest BCUT2D eigenvalue weighted by atomic mass is 32.2. The molecule has 4 atom stereocenters. The lowest BCUT2D eigenvalue weighted by Crippen LogP contribution is -2.33. The van der Waals surface area contributed by atoms with Crippen LogP contribution in [-0.4, -0.2) is 66.2 Å². The zero-order valence-corrected chi connectivity index (χ0v) is 12.3. The number of aliphatic hydroxyl groups excluding tert-OH is 3. The van der Waals surface area contributed by atoms with Crippen LogP contribution in [0.5, 0.6) is 0 Å². The summed E-state index contributed by atoms with van der Waals surface area (Å²) in [4.78, 5) is 8.20. The number of nitrogens with zero attached hydrogens (tertiary/aromatic N) is 5. The van der Waals surface area contributed by atoms with Gasteiger partial charge in [0.1, 0.15) is 35.7 Å². The summed E-state index contributed by atoms with van der Waals surface area (Å²) in [5.41, 5.74) is 0.434. The van der Waals surface area contributed by atoms with E-state index in [1.165, 1.54) is 22.8 Å². The van der Waals surface area contributed by atoms with E-state index in [1.54, 1.807) is 0 Å². The summed E-state index contributed by atoms with van der Waals surface area (Å²) in [5, 5.41) is 43.5. The van der Waals surface area contributed by atoms with Crippen LogP contribution in [0, 0.1) is 11.3 Å². The third kappa shape index (κ3) is 2.15. The topological polar surface area (TPSA) is 137 Å². The van der Waals surface area contributed by atoms with Crippen LogP contribution in [0.3, 0.4) is 0 Å². The molecule has 0 aliphatic carbocycles. The van der Waals surface area contributed by atoms with E-state index in [1.807, 2.05) is 12.3 Å². The van der Waals surface area contributed by atoms with Gasteiger partial charge in [-0.25, -0.2) is 14.6 Å². The Kier molecular flexibility index (Phi) is 3.98. The Morgan fingerprint density at radius 1 is 1.41 bits per heavy atom. The second kappa shape index (κ2) is 5.79. The molecule has 2 aromatic heterocycles. The molecule has 116 valence electrons. The number of aliphatic hydroxyl groups is 3. The van der Waals surface area contributed by atoms with E-state index >= 15 is 0 Å². The minimum Gasteiger partial charge on any atom is -0.394 e. The first-order chi connectivity index (χ1) is 10.6. The first kappa shape index (κ1) is 15.1. The Morgan fingerprint density at radius 2 is 2.18 bits per heavy atom. The average molecular weight is 323 g/mol. The van der Waals surface area contributed by atoms with Crippen molar-refractivity contribution >= 4 is 22.8 Å². The molecular formula is C12H13N5O4S. The van der Waals surface area contributed by atoms with Gasteiger partial charge in [0.05, 0.1) is 12.0 Å². The Bertz CT molecular complexity index is 745. The van der Waals surface area contributed by atoms with Gasteiger partial charge in [0.15, 0.2) is 17.6 Å². The first-order valence-electron chi connectivity index (χ1n) is 6.42. The summed E-state index contributed by atoms with van der Waals surface area (Å²) < 4.78 is 6.68. The quantitative estimate of drug-likeness (QED) is 0.481. The Balaban J connectivity index is 2.15. The van der Waals surface area contributed by atoms with Crippen LogP contribution in [0.1, 0.15) is 11.9 Å². The second-order valence-electron chi connectivity index (χ2n) is 4.72. The molecule has 1 saturated heterocycles. The maximum atomic E-state index is 10.1. The van der Waals surface area contributed by atoms with E-state index < -0.39 is 31.1 Å². The summed E-state index contributed by atoms with van der Waals surface area (Å²) in [6, 6.07) is 1.97. The van der Waals surface area contributed by atoms with Crippen LogP contribution in [0.25, 0.3) is 11.0 Å². The number of nitriles is 1. The minimum absolute atomic E-state index is 0.109. The highest BCUT2D eigenvalue weighted by molar-refractivity contribution is 7.98. The number of hydrogen-bond donors (Lipinski definition) is 3. The molecule has 0 bridgehead atoms. The lowest BCUT2D eigenvalue weighted by molar-refractivity contribution is -0.0567. The van der Waals surface area contributed by atoms with Gasteiger partial charge in [-0.1, -0.05) is 0 Å². The molecule has 3 rings (SSSR count). The predicted octanol–water partition coefficient (Wildman–Crippen LogP) is -0.969. The van der Waals surface area contributed by atoms with Crippen molar-refractivity contribution in [3.05, 3.63) is 12.0 Å². The summed E-state index contributed by atoms with van der Waals surface area (Å²) in [5.74, 6) is 0. The molecule has 10 heteroatoms. The Labute approximate surface area is 129 Å². The van der Waals surface area contributed by atoms with Gasteiger partial charge >= 0.3 is 0 Å². The molecule has 2 aromatic rings. The monoisotopic (exact) mass is 323 g/mol. The molecule has 0 unspecified atom stereocenters. The fourth-order valence-electron chi connectivity index (χ4n) is 2.44. The Morgan fingerprint density at radius 3 is 2.77 bits per heavy atom. The SMILES string of the molecule is CSc1ncnc2c1c(C#N)nn2[C@@H]1O[C@H](CO)[C@@H](O)[C@H]1O. The van der Waals surface area contributed by atoms with Crippen molar-refractivity contribution in [2.75, 3.05) is 12.9 Å². The Hall–Kier alpha value is -1.77. The average Bonchev–Trinajstić information content (AvgIpc) is 3.06. The van der Waals surface area contributed by atoms with Gasteiger partial charge in [-0.2, -0.15) is 10.4 Å². The molecule has 3 heterocycles. The van der Waals surface area contributed by atoms with E-state index in [0.29, 0.717) is 16.1 Å². The van der Waals surface area contributed by atoms with Crippen LogP contribution in [0.2, 0.25) is 0 Å². The molecular weight excluding hydrogens is 310 g/mol. The molecule has 0 amide bonds. The zero-order chi connectivity index (χ0) is 15.9. The van der Waals surface area contributed by atoms with Crippen LogP contribution < -0.4 is 0 Å². The van der Waals surface area contributed by atoms with E-state index in [-0.39, 0.29) is 5.69 Å². The van der Waals surface area contributed by atoms with Gasteiger partial charge in [-0.15, -0.1) is 11.8 Å². The smallest absolute Gasteiger partial charge is 0.181 e. The van der Waals surface area contributed by atoms with Crippen molar-refractivity contribution in [2.24, 2.45) is 0 Å².